The SMILES string of the molecule is COC(=O)C1(NC(=O)c2ccc(CCl)cc2)CCCCC1.COC(=O)C1(NC(=O)c2ccc(CN(C)C)cc2)CCCCC1. The third kappa shape index (κ3) is 9.29. The lowest BCUT2D eigenvalue weighted by Crippen LogP contribution is -2.56. The first kappa shape index (κ1) is 35.1. The molecule has 10 heteroatoms. The highest BCUT2D eigenvalue weighted by molar-refractivity contribution is 6.17. The predicted octanol–water partition coefficient (Wildman–Crippen LogP) is 5.39. The summed E-state index contributed by atoms with van der Waals surface area (Å²) in [6, 6.07) is 14.6. The normalized spacial score (nSPS) is 17.0. The Balaban J connectivity index is 0.000000241. The first-order chi connectivity index (χ1) is 21.1. The van der Waals surface area contributed by atoms with Gasteiger partial charge in [0.15, 0.2) is 0 Å². The zero-order valence-corrected chi connectivity index (χ0v) is 27.1. The molecule has 2 N–H and O–H groups in total. The maximum atomic E-state index is 12.5. The molecule has 240 valence electrons. The van der Waals surface area contributed by atoms with E-state index in [0.29, 0.717) is 42.7 Å². The van der Waals surface area contributed by atoms with E-state index in [9.17, 15) is 19.2 Å². The van der Waals surface area contributed by atoms with Gasteiger partial charge < -0.3 is 25.0 Å². The van der Waals surface area contributed by atoms with E-state index in [1.165, 1.54) is 14.2 Å². The van der Waals surface area contributed by atoms with Gasteiger partial charge >= 0.3 is 11.9 Å². The van der Waals surface area contributed by atoms with Crippen molar-refractivity contribution in [3.63, 3.8) is 0 Å². The number of amides is 2. The Morgan fingerprint density at radius 3 is 1.34 bits per heavy atom. The molecular formula is C34H46ClN3O6. The van der Waals surface area contributed by atoms with Crippen LogP contribution in [0.2, 0.25) is 0 Å². The van der Waals surface area contributed by atoms with Crippen LogP contribution in [-0.2, 0) is 31.5 Å². The van der Waals surface area contributed by atoms with Gasteiger partial charge in [0, 0.05) is 23.6 Å². The fourth-order valence-electron chi connectivity index (χ4n) is 5.91. The van der Waals surface area contributed by atoms with Crippen molar-refractivity contribution in [2.24, 2.45) is 0 Å². The van der Waals surface area contributed by atoms with Gasteiger partial charge in [-0.3, -0.25) is 9.59 Å². The molecule has 2 aliphatic rings. The molecule has 0 saturated heterocycles. The fourth-order valence-corrected chi connectivity index (χ4v) is 6.09. The monoisotopic (exact) mass is 627 g/mol. The number of nitrogens with one attached hydrogen (secondary N) is 2. The summed E-state index contributed by atoms with van der Waals surface area (Å²) >= 11 is 5.74. The van der Waals surface area contributed by atoms with E-state index >= 15 is 0 Å². The lowest BCUT2D eigenvalue weighted by Gasteiger charge is -2.35. The quantitative estimate of drug-likeness (QED) is 0.283. The summed E-state index contributed by atoms with van der Waals surface area (Å²) in [7, 11) is 6.74. The standard InChI is InChI=1S/C18H26N2O3.C16H20ClNO3/c1-20(2)13-14-7-9-15(10-8-14)16(21)19-18(17(22)23-3)11-5-4-6-12-18;1-21-15(20)16(9-3-2-4-10-16)18-14(19)13-7-5-12(11-17)6-8-13/h7-10H,4-6,11-13H2,1-3H3,(H,19,21);5-8H,2-4,9-11H2,1H3,(H,18,19). The largest absolute Gasteiger partial charge is 0.467 e. The zero-order valence-electron chi connectivity index (χ0n) is 26.4. The Labute approximate surface area is 266 Å². The van der Waals surface area contributed by atoms with Crippen LogP contribution in [0.5, 0.6) is 0 Å². The van der Waals surface area contributed by atoms with Crippen LogP contribution in [0.1, 0.15) is 96.1 Å². The molecule has 2 aromatic carbocycles. The number of halogens is 1. The molecule has 2 saturated carbocycles. The molecule has 44 heavy (non-hydrogen) atoms. The number of benzene rings is 2. The van der Waals surface area contributed by atoms with Gasteiger partial charge in [0.2, 0.25) is 0 Å². The topological polar surface area (TPSA) is 114 Å². The van der Waals surface area contributed by atoms with E-state index in [4.69, 9.17) is 21.1 Å². The first-order valence-electron chi connectivity index (χ1n) is 15.3. The van der Waals surface area contributed by atoms with Crippen molar-refractivity contribution >= 4 is 35.4 Å². The number of hydrogen-bond acceptors (Lipinski definition) is 7. The number of hydrogen-bond donors (Lipinski definition) is 2. The van der Waals surface area contributed by atoms with Crippen molar-refractivity contribution < 1.29 is 28.7 Å². The Bertz CT molecular complexity index is 1250. The minimum atomic E-state index is -0.880. The van der Waals surface area contributed by atoms with Crippen molar-refractivity contribution in [1.29, 1.82) is 0 Å². The Kier molecular flexibility index (Phi) is 13.2. The van der Waals surface area contributed by atoms with E-state index in [0.717, 1.165) is 56.2 Å². The molecular weight excluding hydrogens is 582 g/mol. The second kappa shape index (κ2) is 16.6. The number of nitrogens with zero attached hydrogens (tertiary/aromatic N) is 1. The number of alkyl halides is 1. The van der Waals surface area contributed by atoms with Crippen molar-refractivity contribution in [2.75, 3.05) is 28.3 Å². The minimum absolute atomic E-state index is 0.214. The van der Waals surface area contributed by atoms with E-state index in [2.05, 4.69) is 15.5 Å². The van der Waals surface area contributed by atoms with Crippen LogP contribution in [0.25, 0.3) is 0 Å². The highest BCUT2D eigenvalue weighted by Gasteiger charge is 2.43. The number of methoxy groups -OCH3 is 2. The summed E-state index contributed by atoms with van der Waals surface area (Å²) in [5.74, 6) is -0.742. The average Bonchev–Trinajstić information content (AvgIpc) is 3.05. The molecule has 2 amide bonds. The molecule has 2 aliphatic carbocycles. The van der Waals surface area contributed by atoms with Crippen molar-refractivity contribution in [3.05, 3.63) is 70.8 Å². The molecule has 0 spiro atoms. The third-order valence-electron chi connectivity index (χ3n) is 8.36. The summed E-state index contributed by atoms with van der Waals surface area (Å²) in [4.78, 5) is 51.3. The number of carbonyl (C=O) groups excluding carboxylic acids is 4. The van der Waals surface area contributed by atoms with Crippen molar-refractivity contribution in [3.8, 4) is 0 Å². The summed E-state index contributed by atoms with van der Waals surface area (Å²) in [6.45, 7) is 0.827. The first-order valence-corrected chi connectivity index (χ1v) is 15.8. The highest BCUT2D eigenvalue weighted by atomic mass is 35.5. The van der Waals surface area contributed by atoms with Crippen LogP contribution in [0.15, 0.2) is 48.5 Å². The fraction of sp³-hybridized carbons (Fsp3) is 0.529. The number of ether oxygens (including phenoxy) is 2. The van der Waals surface area contributed by atoms with Gasteiger partial charge in [-0.15, -0.1) is 11.6 Å². The molecule has 0 atom stereocenters. The van der Waals surface area contributed by atoms with E-state index in [-0.39, 0.29) is 23.8 Å². The molecule has 0 bridgehead atoms. The molecule has 2 aromatic rings. The molecule has 9 nitrogen and oxygen atoms in total. The van der Waals surface area contributed by atoms with Gasteiger partial charge in [-0.05, 0) is 75.2 Å². The minimum Gasteiger partial charge on any atom is -0.467 e. The smallest absolute Gasteiger partial charge is 0.331 e. The third-order valence-corrected chi connectivity index (χ3v) is 8.67. The molecule has 4 rings (SSSR count). The molecule has 0 unspecified atom stereocenters. The summed E-state index contributed by atoms with van der Waals surface area (Å²) in [5.41, 5.74) is 1.45. The van der Waals surface area contributed by atoms with E-state index in [1.54, 1.807) is 12.1 Å². The Morgan fingerprint density at radius 2 is 1.02 bits per heavy atom. The van der Waals surface area contributed by atoms with Crippen molar-refractivity contribution in [2.45, 2.75) is 87.7 Å². The van der Waals surface area contributed by atoms with Crippen LogP contribution in [0, 0.1) is 0 Å². The van der Waals surface area contributed by atoms with Crippen LogP contribution < -0.4 is 10.6 Å². The maximum absolute atomic E-state index is 12.5. The Morgan fingerprint density at radius 1 is 0.659 bits per heavy atom. The molecule has 0 heterocycles. The van der Waals surface area contributed by atoms with Crippen LogP contribution in [0.3, 0.4) is 0 Å². The van der Waals surface area contributed by atoms with Gasteiger partial charge in [-0.25, -0.2) is 9.59 Å². The summed E-state index contributed by atoms with van der Waals surface area (Å²) in [6.07, 6.45) is 8.41. The van der Waals surface area contributed by atoms with E-state index < -0.39 is 11.1 Å². The summed E-state index contributed by atoms with van der Waals surface area (Å²) in [5, 5.41) is 5.83. The molecule has 0 aliphatic heterocycles. The number of esters is 2. The molecule has 0 aromatic heterocycles. The van der Waals surface area contributed by atoms with Gasteiger partial charge in [0.25, 0.3) is 11.8 Å². The van der Waals surface area contributed by atoms with Gasteiger partial charge in [-0.1, -0.05) is 62.8 Å². The number of rotatable bonds is 9. The van der Waals surface area contributed by atoms with E-state index in [1.807, 2.05) is 50.5 Å². The highest BCUT2D eigenvalue weighted by Crippen LogP contribution is 2.31. The maximum Gasteiger partial charge on any atom is 0.331 e. The second-order valence-corrected chi connectivity index (χ2v) is 12.2. The van der Waals surface area contributed by atoms with Gasteiger partial charge in [0.05, 0.1) is 14.2 Å². The van der Waals surface area contributed by atoms with Crippen LogP contribution in [0.4, 0.5) is 0 Å². The predicted molar refractivity (Wildman–Crippen MR) is 170 cm³/mol. The van der Waals surface area contributed by atoms with Crippen LogP contribution in [-0.4, -0.2) is 68.0 Å². The van der Waals surface area contributed by atoms with Crippen LogP contribution >= 0.6 is 11.6 Å². The summed E-state index contributed by atoms with van der Waals surface area (Å²) < 4.78 is 9.83. The van der Waals surface area contributed by atoms with Crippen molar-refractivity contribution in [1.82, 2.24) is 15.5 Å². The molecule has 0 radical (unpaired) electrons. The average molecular weight is 628 g/mol. The zero-order chi connectivity index (χ0) is 32.2. The second-order valence-electron chi connectivity index (χ2n) is 11.9. The Hall–Kier alpha value is -3.43. The lowest BCUT2D eigenvalue weighted by atomic mass is 9.81. The van der Waals surface area contributed by atoms with Gasteiger partial charge in [-0.2, -0.15) is 0 Å². The number of carbonyl (C=O) groups is 4. The van der Waals surface area contributed by atoms with Gasteiger partial charge in [0.1, 0.15) is 11.1 Å². The lowest BCUT2D eigenvalue weighted by molar-refractivity contribution is -0.150. The molecule has 2 fully saturated rings.